The van der Waals surface area contributed by atoms with Gasteiger partial charge < -0.3 is 19.3 Å². The molecular weight excluding hydrogens is 442 g/mol. The fourth-order valence-electron chi connectivity index (χ4n) is 5.24. The number of ether oxygens (including phenoxy) is 3. The first-order chi connectivity index (χ1) is 17.2. The van der Waals surface area contributed by atoms with Crippen LogP contribution in [0.5, 0.6) is 17.2 Å². The number of fused-ring (bicyclic) bond motifs is 4. The van der Waals surface area contributed by atoms with Crippen molar-refractivity contribution >= 4 is 27.5 Å². The van der Waals surface area contributed by atoms with E-state index in [9.17, 15) is 9.90 Å². The first kappa shape index (κ1) is 21.7. The van der Waals surface area contributed by atoms with Crippen molar-refractivity contribution in [2.24, 2.45) is 0 Å². The minimum atomic E-state index is -0.741. The van der Waals surface area contributed by atoms with E-state index >= 15 is 0 Å². The van der Waals surface area contributed by atoms with E-state index in [0.29, 0.717) is 19.6 Å². The molecular formula is C29H27NO5. The predicted molar refractivity (Wildman–Crippen MR) is 134 cm³/mol. The lowest BCUT2D eigenvalue weighted by atomic mass is 9.94. The van der Waals surface area contributed by atoms with Crippen LogP contribution in [0.4, 0.5) is 0 Å². The predicted octanol–water partition coefficient (Wildman–Crippen LogP) is 5.74. The topological polar surface area (TPSA) is 68.2 Å². The summed E-state index contributed by atoms with van der Waals surface area (Å²) in [5, 5.41) is 14.0. The SMILES string of the molecule is O=C(O)[C@@H]1CCCCN1Cc1cc2cc3c(cc2c2cc(OCc4ccccc4)ccc12)OCO3. The molecule has 2 heterocycles. The number of carboxylic acids is 1. The average Bonchev–Trinajstić information content (AvgIpc) is 3.34. The Labute approximate surface area is 203 Å². The molecule has 2 aliphatic rings. The molecule has 4 aromatic rings. The second kappa shape index (κ2) is 9.12. The lowest BCUT2D eigenvalue weighted by molar-refractivity contribution is -0.144. The standard InChI is InChI=1S/C29H27NO5/c31-29(32)26-8-4-5-11-30(26)16-21-12-20-13-27-28(35-18-34-27)15-24(20)25-14-22(9-10-23(21)25)33-17-19-6-2-1-3-7-19/h1-3,6-7,9-10,12-15,26H,4-5,8,11,16-18H2,(H,31,32)/t26-/m0/s1. The summed E-state index contributed by atoms with van der Waals surface area (Å²) in [4.78, 5) is 14.0. The van der Waals surface area contributed by atoms with Crippen molar-refractivity contribution in [1.82, 2.24) is 4.90 Å². The monoisotopic (exact) mass is 469 g/mol. The Kier molecular flexibility index (Phi) is 5.66. The molecule has 0 unspecified atom stereocenters. The Hall–Kier alpha value is -3.77. The number of hydrogen-bond donors (Lipinski definition) is 1. The number of aliphatic carboxylic acids is 1. The highest BCUT2D eigenvalue weighted by molar-refractivity contribution is 6.10. The van der Waals surface area contributed by atoms with Crippen molar-refractivity contribution in [1.29, 1.82) is 0 Å². The number of piperidine rings is 1. The van der Waals surface area contributed by atoms with Crippen molar-refractivity contribution < 1.29 is 24.1 Å². The maximum absolute atomic E-state index is 11.9. The number of nitrogens with zero attached hydrogens (tertiary/aromatic N) is 1. The molecule has 0 amide bonds. The van der Waals surface area contributed by atoms with Gasteiger partial charge in [-0.1, -0.05) is 42.8 Å². The Morgan fingerprint density at radius 2 is 1.77 bits per heavy atom. The first-order valence-electron chi connectivity index (χ1n) is 12.1. The number of carboxylic acid groups (broad SMARTS) is 1. The number of likely N-dealkylation sites (tertiary alicyclic amines) is 1. The molecule has 1 fully saturated rings. The van der Waals surface area contributed by atoms with Gasteiger partial charge in [0.2, 0.25) is 6.79 Å². The van der Waals surface area contributed by atoms with Crippen LogP contribution in [-0.2, 0) is 17.9 Å². The minimum Gasteiger partial charge on any atom is -0.489 e. The van der Waals surface area contributed by atoms with Crippen molar-refractivity contribution in [3.63, 3.8) is 0 Å². The summed E-state index contributed by atoms with van der Waals surface area (Å²) < 4.78 is 17.4. The Bertz CT molecular complexity index is 1400. The first-order valence-corrected chi connectivity index (χ1v) is 12.1. The van der Waals surface area contributed by atoms with Gasteiger partial charge in [0, 0.05) is 6.54 Å². The molecule has 6 heteroatoms. The fourth-order valence-corrected chi connectivity index (χ4v) is 5.24. The third-order valence-corrected chi connectivity index (χ3v) is 7.02. The van der Waals surface area contributed by atoms with Gasteiger partial charge in [-0.25, -0.2) is 0 Å². The summed E-state index contributed by atoms with van der Waals surface area (Å²) in [5.41, 5.74) is 2.22. The minimum absolute atomic E-state index is 0.218. The second-order valence-corrected chi connectivity index (χ2v) is 9.26. The summed E-state index contributed by atoms with van der Waals surface area (Å²) in [6.07, 6.45) is 2.67. The third kappa shape index (κ3) is 4.26. The summed E-state index contributed by atoms with van der Waals surface area (Å²) in [6, 6.07) is 22.0. The van der Waals surface area contributed by atoms with Crippen LogP contribution in [0.3, 0.4) is 0 Å². The summed E-state index contributed by atoms with van der Waals surface area (Å²) in [6.45, 7) is 2.08. The van der Waals surface area contributed by atoms with Gasteiger partial charge in [-0.05, 0) is 82.4 Å². The van der Waals surface area contributed by atoms with Gasteiger partial charge in [0.05, 0.1) is 0 Å². The van der Waals surface area contributed by atoms with E-state index in [1.807, 2.05) is 48.5 Å². The van der Waals surface area contributed by atoms with E-state index in [-0.39, 0.29) is 6.79 Å². The normalized spacial score (nSPS) is 17.7. The number of hydrogen-bond acceptors (Lipinski definition) is 5. The lowest BCUT2D eigenvalue weighted by Crippen LogP contribution is -2.44. The van der Waals surface area contributed by atoms with Gasteiger partial charge in [-0.15, -0.1) is 0 Å². The van der Waals surface area contributed by atoms with Crippen LogP contribution in [0.25, 0.3) is 21.5 Å². The summed E-state index contributed by atoms with van der Waals surface area (Å²) in [7, 11) is 0. The maximum atomic E-state index is 11.9. The Balaban J connectivity index is 1.43. The largest absolute Gasteiger partial charge is 0.489 e. The van der Waals surface area contributed by atoms with E-state index in [2.05, 4.69) is 23.1 Å². The molecule has 2 aliphatic heterocycles. The highest BCUT2D eigenvalue weighted by Gasteiger charge is 2.29. The molecule has 6 rings (SSSR count). The fraction of sp³-hybridized carbons (Fsp3) is 0.276. The van der Waals surface area contributed by atoms with Crippen LogP contribution in [0.1, 0.15) is 30.4 Å². The zero-order chi connectivity index (χ0) is 23.8. The van der Waals surface area contributed by atoms with Crippen LogP contribution in [0.2, 0.25) is 0 Å². The molecule has 0 spiro atoms. The quantitative estimate of drug-likeness (QED) is 0.363. The molecule has 4 aromatic carbocycles. The smallest absolute Gasteiger partial charge is 0.320 e. The molecule has 0 saturated carbocycles. The Morgan fingerprint density at radius 1 is 0.943 bits per heavy atom. The number of carbonyl (C=O) groups is 1. The lowest BCUT2D eigenvalue weighted by Gasteiger charge is -2.33. The third-order valence-electron chi connectivity index (χ3n) is 7.02. The molecule has 1 atom stereocenters. The maximum Gasteiger partial charge on any atom is 0.320 e. The van der Waals surface area contributed by atoms with Crippen LogP contribution in [-0.4, -0.2) is 35.4 Å². The van der Waals surface area contributed by atoms with Crippen LogP contribution in [0, 0.1) is 0 Å². The molecule has 0 aliphatic carbocycles. The van der Waals surface area contributed by atoms with E-state index in [0.717, 1.165) is 69.3 Å². The van der Waals surface area contributed by atoms with Gasteiger partial charge in [0.1, 0.15) is 18.4 Å². The van der Waals surface area contributed by atoms with E-state index in [1.54, 1.807) is 0 Å². The van der Waals surface area contributed by atoms with Crippen molar-refractivity contribution in [2.45, 2.75) is 38.5 Å². The van der Waals surface area contributed by atoms with E-state index in [1.165, 1.54) is 0 Å². The zero-order valence-corrected chi connectivity index (χ0v) is 19.4. The van der Waals surface area contributed by atoms with Crippen molar-refractivity contribution in [3.8, 4) is 17.2 Å². The van der Waals surface area contributed by atoms with Gasteiger partial charge in [-0.3, -0.25) is 9.69 Å². The highest BCUT2D eigenvalue weighted by atomic mass is 16.7. The number of rotatable bonds is 6. The molecule has 1 saturated heterocycles. The van der Waals surface area contributed by atoms with Gasteiger partial charge in [-0.2, -0.15) is 0 Å². The summed E-state index contributed by atoms with van der Waals surface area (Å²) >= 11 is 0. The zero-order valence-electron chi connectivity index (χ0n) is 19.4. The molecule has 0 radical (unpaired) electrons. The van der Waals surface area contributed by atoms with Gasteiger partial charge in [0.15, 0.2) is 11.5 Å². The van der Waals surface area contributed by atoms with E-state index in [4.69, 9.17) is 14.2 Å². The second-order valence-electron chi connectivity index (χ2n) is 9.26. The molecule has 1 N–H and O–H groups in total. The van der Waals surface area contributed by atoms with Crippen LogP contribution < -0.4 is 14.2 Å². The van der Waals surface area contributed by atoms with Crippen molar-refractivity contribution in [3.05, 3.63) is 77.9 Å². The van der Waals surface area contributed by atoms with Crippen molar-refractivity contribution in [2.75, 3.05) is 13.3 Å². The van der Waals surface area contributed by atoms with Crippen LogP contribution >= 0.6 is 0 Å². The summed E-state index contributed by atoms with van der Waals surface area (Å²) in [5.74, 6) is 1.53. The van der Waals surface area contributed by atoms with Gasteiger partial charge in [0.25, 0.3) is 0 Å². The highest BCUT2D eigenvalue weighted by Crippen LogP contribution is 2.41. The molecule has 178 valence electrons. The molecule has 0 aromatic heterocycles. The van der Waals surface area contributed by atoms with Gasteiger partial charge >= 0.3 is 5.97 Å². The molecule has 6 nitrogen and oxygen atoms in total. The molecule has 35 heavy (non-hydrogen) atoms. The van der Waals surface area contributed by atoms with E-state index < -0.39 is 12.0 Å². The molecule has 0 bridgehead atoms. The average molecular weight is 470 g/mol. The van der Waals surface area contributed by atoms with Crippen LogP contribution in [0.15, 0.2) is 66.7 Å². The number of benzene rings is 4. The Morgan fingerprint density at radius 3 is 2.60 bits per heavy atom.